The van der Waals surface area contributed by atoms with Crippen molar-refractivity contribution in [1.82, 2.24) is 5.32 Å². The molecular formula is C13H16ClNO. The zero-order chi connectivity index (χ0) is 11.5. The standard InChI is InChI=1S/C13H16ClNO/c1-2-15-13(16)12(14)11-5-3-4-10(8-11)9-6-7-9/h3-5,8-9,12H,2,6-7H2,1H3,(H,15,16). The van der Waals surface area contributed by atoms with Crippen LogP contribution < -0.4 is 5.32 Å². The van der Waals surface area contributed by atoms with Gasteiger partial charge in [-0.3, -0.25) is 4.79 Å². The molecule has 1 aromatic carbocycles. The van der Waals surface area contributed by atoms with Crippen molar-refractivity contribution in [2.24, 2.45) is 0 Å². The van der Waals surface area contributed by atoms with Crippen LogP contribution in [0.15, 0.2) is 24.3 Å². The normalized spacial score (nSPS) is 16.9. The molecule has 1 unspecified atom stereocenters. The molecule has 0 aliphatic heterocycles. The van der Waals surface area contributed by atoms with E-state index in [0.717, 1.165) is 5.56 Å². The van der Waals surface area contributed by atoms with E-state index in [-0.39, 0.29) is 5.91 Å². The number of alkyl halides is 1. The van der Waals surface area contributed by atoms with Gasteiger partial charge in [0.25, 0.3) is 0 Å². The topological polar surface area (TPSA) is 29.1 Å². The number of hydrogen-bond acceptors (Lipinski definition) is 1. The molecular weight excluding hydrogens is 222 g/mol. The third-order valence-corrected chi connectivity index (χ3v) is 3.28. The van der Waals surface area contributed by atoms with Crippen molar-refractivity contribution in [3.63, 3.8) is 0 Å². The molecule has 0 aromatic heterocycles. The molecule has 1 aliphatic rings. The molecule has 1 atom stereocenters. The highest BCUT2D eigenvalue weighted by molar-refractivity contribution is 6.30. The predicted octanol–water partition coefficient (Wildman–Crippen LogP) is 2.98. The van der Waals surface area contributed by atoms with E-state index in [2.05, 4.69) is 17.4 Å². The van der Waals surface area contributed by atoms with E-state index in [0.29, 0.717) is 12.5 Å². The number of carbonyl (C=O) groups excluding carboxylic acids is 1. The average Bonchev–Trinajstić information content (AvgIpc) is 3.12. The molecule has 86 valence electrons. The molecule has 0 spiro atoms. The van der Waals surface area contributed by atoms with Crippen LogP contribution in [0.4, 0.5) is 0 Å². The number of rotatable bonds is 4. The molecule has 1 amide bonds. The molecule has 0 heterocycles. The molecule has 0 bridgehead atoms. The van der Waals surface area contributed by atoms with Gasteiger partial charge in [0.05, 0.1) is 0 Å². The Morgan fingerprint density at radius 1 is 1.56 bits per heavy atom. The van der Waals surface area contributed by atoms with Crippen molar-refractivity contribution in [2.45, 2.75) is 31.1 Å². The van der Waals surface area contributed by atoms with E-state index < -0.39 is 5.38 Å². The highest BCUT2D eigenvalue weighted by atomic mass is 35.5. The van der Waals surface area contributed by atoms with Crippen LogP contribution in [-0.4, -0.2) is 12.5 Å². The quantitative estimate of drug-likeness (QED) is 0.802. The second-order valence-electron chi connectivity index (χ2n) is 4.20. The van der Waals surface area contributed by atoms with Crippen molar-refractivity contribution in [3.8, 4) is 0 Å². The Bertz CT molecular complexity index is 387. The molecule has 0 radical (unpaired) electrons. The van der Waals surface area contributed by atoms with E-state index in [1.807, 2.05) is 19.1 Å². The molecule has 1 aromatic rings. The maximum atomic E-state index is 11.6. The fourth-order valence-electron chi connectivity index (χ4n) is 1.80. The van der Waals surface area contributed by atoms with Crippen LogP contribution in [0, 0.1) is 0 Å². The van der Waals surface area contributed by atoms with Crippen molar-refractivity contribution in [2.75, 3.05) is 6.54 Å². The number of carbonyl (C=O) groups is 1. The van der Waals surface area contributed by atoms with E-state index in [1.165, 1.54) is 18.4 Å². The predicted molar refractivity (Wildman–Crippen MR) is 65.7 cm³/mol. The Labute approximate surface area is 101 Å². The van der Waals surface area contributed by atoms with Gasteiger partial charge in [-0.2, -0.15) is 0 Å². The summed E-state index contributed by atoms with van der Waals surface area (Å²) in [5, 5.41) is 2.17. The van der Waals surface area contributed by atoms with Crippen molar-refractivity contribution >= 4 is 17.5 Å². The van der Waals surface area contributed by atoms with Crippen molar-refractivity contribution in [3.05, 3.63) is 35.4 Å². The van der Waals surface area contributed by atoms with Crippen LogP contribution >= 0.6 is 11.6 Å². The van der Waals surface area contributed by atoms with Crippen molar-refractivity contribution in [1.29, 1.82) is 0 Å². The highest BCUT2D eigenvalue weighted by Gasteiger charge is 2.25. The van der Waals surface area contributed by atoms with Crippen LogP contribution in [0.25, 0.3) is 0 Å². The smallest absolute Gasteiger partial charge is 0.242 e. The van der Waals surface area contributed by atoms with E-state index in [1.54, 1.807) is 0 Å². The first-order valence-corrected chi connectivity index (χ1v) is 6.17. The summed E-state index contributed by atoms with van der Waals surface area (Å²) in [6.45, 7) is 2.51. The molecule has 1 aliphatic carbocycles. The van der Waals surface area contributed by atoms with E-state index >= 15 is 0 Å². The first kappa shape index (κ1) is 11.5. The second-order valence-corrected chi connectivity index (χ2v) is 4.64. The minimum atomic E-state index is -0.571. The van der Waals surface area contributed by atoms with Crippen LogP contribution in [0.1, 0.15) is 42.2 Å². The summed E-state index contributed by atoms with van der Waals surface area (Å²) < 4.78 is 0. The summed E-state index contributed by atoms with van der Waals surface area (Å²) in [6.07, 6.45) is 2.52. The van der Waals surface area contributed by atoms with Crippen molar-refractivity contribution < 1.29 is 4.79 Å². The third-order valence-electron chi connectivity index (χ3n) is 2.83. The van der Waals surface area contributed by atoms with Gasteiger partial charge in [0, 0.05) is 6.54 Å². The van der Waals surface area contributed by atoms with Gasteiger partial charge in [0.15, 0.2) is 0 Å². The van der Waals surface area contributed by atoms with Gasteiger partial charge < -0.3 is 5.32 Å². The summed E-state index contributed by atoms with van der Waals surface area (Å²) in [5.74, 6) is 0.579. The average molecular weight is 238 g/mol. The highest BCUT2D eigenvalue weighted by Crippen LogP contribution is 2.40. The Balaban J connectivity index is 2.12. The lowest BCUT2D eigenvalue weighted by atomic mass is 10.0. The Morgan fingerprint density at radius 2 is 2.31 bits per heavy atom. The monoisotopic (exact) mass is 237 g/mol. The molecule has 16 heavy (non-hydrogen) atoms. The molecule has 1 fully saturated rings. The van der Waals surface area contributed by atoms with Crippen LogP contribution in [0.5, 0.6) is 0 Å². The molecule has 3 heteroatoms. The molecule has 2 nitrogen and oxygen atoms in total. The zero-order valence-electron chi connectivity index (χ0n) is 9.37. The lowest BCUT2D eigenvalue weighted by molar-refractivity contribution is -0.120. The van der Waals surface area contributed by atoms with Gasteiger partial charge in [-0.05, 0) is 36.8 Å². The molecule has 1 saturated carbocycles. The molecule has 2 rings (SSSR count). The first-order chi connectivity index (χ1) is 7.72. The van der Waals surface area contributed by atoms with E-state index in [4.69, 9.17) is 11.6 Å². The molecule has 1 N–H and O–H groups in total. The lowest BCUT2D eigenvalue weighted by Gasteiger charge is -2.10. The first-order valence-electron chi connectivity index (χ1n) is 5.74. The summed E-state index contributed by atoms with van der Waals surface area (Å²) in [7, 11) is 0. The van der Waals surface area contributed by atoms with Gasteiger partial charge in [-0.15, -0.1) is 11.6 Å². The number of likely N-dealkylation sites (N-methyl/N-ethyl adjacent to an activating group) is 1. The lowest BCUT2D eigenvalue weighted by Crippen LogP contribution is -2.26. The minimum Gasteiger partial charge on any atom is -0.355 e. The Morgan fingerprint density at radius 3 is 2.94 bits per heavy atom. The van der Waals surface area contributed by atoms with Gasteiger partial charge in [0.1, 0.15) is 5.38 Å². The number of benzene rings is 1. The summed E-state index contributed by atoms with van der Waals surface area (Å²) >= 11 is 6.12. The maximum absolute atomic E-state index is 11.6. The van der Waals surface area contributed by atoms with Gasteiger partial charge in [-0.1, -0.05) is 24.3 Å². The van der Waals surface area contributed by atoms with Gasteiger partial charge in [0.2, 0.25) is 5.91 Å². The number of nitrogens with one attached hydrogen (secondary N) is 1. The number of amides is 1. The van der Waals surface area contributed by atoms with Crippen LogP contribution in [0.3, 0.4) is 0 Å². The van der Waals surface area contributed by atoms with Gasteiger partial charge >= 0.3 is 0 Å². The van der Waals surface area contributed by atoms with Gasteiger partial charge in [-0.25, -0.2) is 0 Å². The third kappa shape index (κ3) is 2.56. The fourth-order valence-corrected chi connectivity index (χ4v) is 2.02. The summed E-state index contributed by atoms with van der Waals surface area (Å²) in [5.41, 5.74) is 2.21. The number of hydrogen-bond donors (Lipinski definition) is 1. The fraction of sp³-hybridized carbons (Fsp3) is 0.462. The SMILES string of the molecule is CCNC(=O)C(Cl)c1cccc(C2CC2)c1. The van der Waals surface area contributed by atoms with E-state index in [9.17, 15) is 4.79 Å². The number of halogens is 1. The molecule has 0 saturated heterocycles. The minimum absolute atomic E-state index is 0.114. The Hall–Kier alpha value is -1.02. The summed E-state index contributed by atoms with van der Waals surface area (Å²) in [4.78, 5) is 11.6. The maximum Gasteiger partial charge on any atom is 0.242 e. The zero-order valence-corrected chi connectivity index (χ0v) is 10.1. The van der Waals surface area contributed by atoms with Crippen LogP contribution in [-0.2, 0) is 4.79 Å². The summed E-state index contributed by atoms with van der Waals surface area (Å²) in [6, 6.07) is 8.07. The van der Waals surface area contributed by atoms with Crippen LogP contribution in [0.2, 0.25) is 0 Å². The Kier molecular flexibility index (Phi) is 3.49. The largest absolute Gasteiger partial charge is 0.355 e. The second kappa shape index (κ2) is 4.88.